The number of hydrogen-bond acceptors (Lipinski definition) is 1. The molecule has 1 aliphatic heterocycles. The van der Waals surface area contributed by atoms with Crippen LogP contribution in [0.5, 0.6) is 0 Å². The maximum atomic E-state index is 13.2. The van der Waals surface area contributed by atoms with Crippen LogP contribution in [0.4, 0.5) is 4.39 Å². The molecular formula is C13H16FN. The number of nitrogens with zero attached hydrogens (tertiary/aromatic N) is 1. The molecule has 1 saturated carbocycles. The van der Waals surface area contributed by atoms with Crippen LogP contribution in [0.1, 0.15) is 17.5 Å². The van der Waals surface area contributed by atoms with Gasteiger partial charge in [-0.3, -0.25) is 0 Å². The van der Waals surface area contributed by atoms with Gasteiger partial charge in [-0.2, -0.15) is 0 Å². The van der Waals surface area contributed by atoms with Gasteiger partial charge in [-0.1, -0.05) is 12.1 Å². The van der Waals surface area contributed by atoms with Crippen molar-refractivity contribution in [2.24, 2.45) is 5.92 Å². The maximum absolute atomic E-state index is 13.2. The predicted octanol–water partition coefficient (Wildman–Crippen LogP) is 2.34. The molecule has 2 fully saturated rings. The van der Waals surface area contributed by atoms with Crippen LogP contribution in [-0.2, 0) is 5.41 Å². The van der Waals surface area contributed by atoms with Crippen molar-refractivity contribution in [1.82, 2.24) is 4.90 Å². The number of likely N-dealkylation sites (tertiary alicyclic amines) is 1. The van der Waals surface area contributed by atoms with Gasteiger partial charge >= 0.3 is 0 Å². The van der Waals surface area contributed by atoms with Crippen molar-refractivity contribution < 1.29 is 4.39 Å². The fourth-order valence-corrected chi connectivity index (χ4v) is 3.14. The van der Waals surface area contributed by atoms with Gasteiger partial charge in [-0.05, 0) is 43.5 Å². The summed E-state index contributed by atoms with van der Waals surface area (Å²) in [6, 6.07) is 5.63. The molecule has 2 atom stereocenters. The molecule has 1 aromatic carbocycles. The van der Waals surface area contributed by atoms with Crippen molar-refractivity contribution in [3.05, 3.63) is 35.1 Å². The fourth-order valence-electron chi connectivity index (χ4n) is 3.14. The zero-order valence-corrected chi connectivity index (χ0v) is 9.26. The Bertz CT molecular complexity index is 415. The molecule has 0 N–H and O–H groups in total. The molecule has 1 nitrogen and oxygen atoms in total. The highest BCUT2D eigenvalue weighted by Gasteiger charge is 2.59. The first kappa shape index (κ1) is 9.34. The van der Waals surface area contributed by atoms with Gasteiger partial charge in [0.2, 0.25) is 0 Å². The third-order valence-electron chi connectivity index (χ3n) is 4.05. The second-order valence-electron chi connectivity index (χ2n) is 5.22. The average molecular weight is 205 g/mol. The molecule has 0 radical (unpaired) electrons. The zero-order chi connectivity index (χ0) is 10.6. The second kappa shape index (κ2) is 2.82. The standard InChI is InChI=1S/C13H16FN/c1-9-5-10(3-4-12(9)14)13-6-11(13)7-15(2)8-13/h3-5,11H,6-8H2,1-2H3. The van der Waals surface area contributed by atoms with Gasteiger partial charge < -0.3 is 4.90 Å². The van der Waals surface area contributed by atoms with Crippen LogP contribution in [0.25, 0.3) is 0 Å². The quantitative estimate of drug-likeness (QED) is 0.680. The van der Waals surface area contributed by atoms with Gasteiger partial charge in [0.1, 0.15) is 5.82 Å². The van der Waals surface area contributed by atoms with Crippen molar-refractivity contribution in [2.75, 3.05) is 20.1 Å². The molecule has 1 saturated heterocycles. The van der Waals surface area contributed by atoms with Gasteiger partial charge in [0.25, 0.3) is 0 Å². The summed E-state index contributed by atoms with van der Waals surface area (Å²) in [5, 5.41) is 0. The van der Waals surface area contributed by atoms with Crippen LogP contribution >= 0.6 is 0 Å². The molecule has 0 spiro atoms. The molecule has 2 aliphatic rings. The average Bonchev–Trinajstić information content (AvgIpc) is 2.75. The van der Waals surface area contributed by atoms with E-state index in [1.165, 1.54) is 18.5 Å². The normalized spacial score (nSPS) is 34.2. The minimum atomic E-state index is -0.0845. The molecule has 3 rings (SSSR count). The number of benzene rings is 1. The van der Waals surface area contributed by atoms with Crippen molar-refractivity contribution in [3.63, 3.8) is 0 Å². The molecular weight excluding hydrogens is 189 g/mol. The van der Waals surface area contributed by atoms with Crippen molar-refractivity contribution in [2.45, 2.75) is 18.8 Å². The van der Waals surface area contributed by atoms with E-state index in [-0.39, 0.29) is 5.82 Å². The Kier molecular flexibility index (Phi) is 1.76. The molecule has 1 heterocycles. The van der Waals surface area contributed by atoms with E-state index in [4.69, 9.17) is 0 Å². The van der Waals surface area contributed by atoms with E-state index in [0.717, 1.165) is 18.0 Å². The van der Waals surface area contributed by atoms with Crippen LogP contribution in [-0.4, -0.2) is 25.0 Å². The molecule has 2 heteroatoms. The van der Waals surface area contributed by atoms with Crippen LogP contribution < -0.4 is 0 Å². The lowest BCUT2D eigenvalue weighted by Crippen LogP contribution is -2.22. The van der Waals surface area contributed by atoms with E-state index in [9.17, 15) is 4.39 Å². The van der Waals surface area contributed by atoms with E-state index in [1.807, 2.05) is 19.1 Å². The third kappa shape index (κ3) is 1.24. The van der Waals surface area contributed by atoms with E-state index < -0.39 is 0 Å². The summed E-state index contributed by atoms with van der Waals surface area (Å²) < 4.78 is 13.2. The minimum absolute atomic E-state index is 0.0845. The monoisotopic (exact) mass is 205 g/mol. The highest BCUT2D eigenvalue weighted by molar-refractivity contribution is 5.39. The summed E-state index contributed by atoms with van der Waals surface area (Å²) in [4.78, 5) is 2.38. The maximum Gasteiger partial charge on any atom is 0.126 e. The SMILES string of the molecule is Cc1cc(C23CC2CN(C)C3)ccc1F. The van der Waals surface area contributed by atoms with Crippen molar-refractivity contribution in [3.8, 4) is 0 Å². The Morgan fingerprint density at radius 2 is 2.27 bits per heavy atom. The minimum Gasteiger partial charge on any atom is -0.305 e. The number of fused-ring (bicyclic) bond motifs is 1. The lowest BCUT2D eigenvalue weighted by atomic mass is 9.93. The molecule has 0 aromatic heterocycles. The Morgan fingerprint density at radius 3 is 2.87 bits per heavy atom. The topological polar surface area (TPSA) is 3.24 Å². The van der Waals surface area contributed by atoms with E-state index in [2.05, 4.69) is 11.9 Å². The van der Waals surface area contributed by atoms with Crippen molar-refractivity contribution in [1.29, 1.82) is 0 Å². The molecule has 0 amide bonds. The highest BCUT2D eigenvalue weighted by Crippen LogP contribution is 2.58. The van der Waals surface area contributed by atoms with E-state index in [0.29, 0.717) is 5.41 Å². The highest BCUT2D eigenvalue weighted by atomic mass is 19.1. The first-order valence-corrected chi connectivity index (χ1v) is 5.57. The third-order valence-corrected chi connectivity index (χ3v) is 4.05. The Morgan fingerprint density at radius 1 is 1.47 bits per heavy atom. The van der Waals surface area contributed by atoms with Crippen molar-refractivity contribution >= 4 is 0 Å². The Hall–Kier alpha value is -0.890. The summed E-state index contributed by atoms with van der Waals surface area (Å²) in [6.07, 6.45) is 1.29. The lowest BCUT2D eigenvalue weighted by Gasteiger charge is -2.17. The Labute approximate surface area is 89.9 Å². The second-order valence-corrected chi connectivity index (χ2v) is 5.22. The molecule has 0 bridgehead atoms. The first-order chi connectivity index (χ1) is 7.12. The largest absolute Gasteiger partial charge is 0.305 e. The van der Waals surface area contributed by atoms with Crippen LogP contribution in [0.3, 0.4) is 0 Å². The van der Waals surface area contributed by atoms with Gasteiger partial charge in [0, 0.05) is 18.5 Å². The summed E-state index contributed by atoms with van der Waals surface area (Å²) in [5.41, 5.74) is 2.49. The van der Waals surface area contributed by atoms with Crippen LogP contribution in [0.15, 0.2) is 18.2 Å². The summed E-state index contributed by atoms with van der Waals surface area (Å²) in [5.74, 6) is 0.728. The van der Waals surface area contributed by atoms with Gasteiger partial charge in [-0.15, -0.1) is 0 Å². The van der Waals surface area contributed by atoms with Gasteiger partial charge in [-0.25, -0.2) is 4.39 Å². The zero-order valence-electron chi connectivity index (χ0n) is 9.26. The number of piperidine rings is 1. The summed E-state index contributed by atoms with van der Waals surface area (Å²) in [6.45, 7) is 4.20. The molecule has 1 aliphatic carbocycles. The summed E-state index contributed by atoms with van der Waals surface area (Å²) in [7, 11) is 2.17. The molecule has 80 valence electrons. The summed E-state index contributed by atoms with van der Waals surface area (Å²) >= 11 is 0. The first-order valence-electron chi connectivity index (χ1n) is 5.57. The smallest absolute Gasteiger partial charge is 0.126 e. The number of halogens is 1. The van der Waals surface area contributed by atoms with E-state index in [1.54, 1.807) is 6.07 Å². The van der Waals surface area contributed by atoms with Crippen LogP contribution in [0.2, 0.25) is 0 Å². The van der Waals surface area contributed by atoms with Gasteiger partial charge in [0.15, 0.2) is 0 Å². The number of aryl methyl sites for hydroxylation is 1. The number of rotatable bonds is 1. The lowest BCUT2D eigenvalue weighted by molar-refractivity contribution is 0.363. The molecule has 2 unspecified atom stereocenters. The Balaban J connectivity index is 1.97. The van der Waals surface area contributed by atoms with Gasteiger partial charge in [0.05, 0.1) is 0 Å². The number of likely N-dealkylation sites (N-methyl/N-ethyl adjacent to an activating group) is 1. The predicted molar refractivity (Wildman–Crippen MR) is 58.4 cm³/mol. The molecule has 1 aromatic rings. The van der Waals surface area contributed by atoms with Crippen LogP contribution in [0, 0.1) is 18.7 Å². The fraction of sp³-hybridized carbons (Fsp3) is 0.538. The number of hydrogen-bond donors (Lipinski definition) is 0. The molecule has 15 heavy (non-hydrogen) atoms. The van der Waals surface area contributed by atoms with E-state index >= 15 is 0 Å².